The molecule has 1 amide bonds. The number of likely N-dealkylation sites (tertiary alicyclic amines) is 1. The van der Waals surface area contributed by atoms with Crippen LogP contribution in [0, 0.1) is 5.92 Å². The Morgan fingerprint density at radius 3 is 2.67 bits per heavy atom. The Morgan fingerprint density at radius 2 is 2.13 bits per heavy atom. The minimum Gasteiger partial charge on any atom is -0.356 e. The molecule has 1 fully saturated rings. The maximum absolute atomic E-state index is 11.7. The Bertz CT molecular complexity index is 226. The molecule has 0 spiro atoms. The van der Waals surface area contributed by atoms with Crippen LogP contribution in [0.4, 0.5) is 0 Å². The summed E-state index contributed by atoms with van der Waals surface area (Å²) >= 11 is 0. The van der Waals surface area contributed by atoms with Crippen molar-refractivity contribution in [2.24, 2.45) is 5.92 Å². The molecule has 0 radical (unpaired) electrons. The summed E-state index contributed by atoms with van der Waals surface area (Å²) in [6.07, 6.45) is 2.14. The molecule has 1 atom stereocenters. The Morgan fingerprint density at radius 1 is 1.47 bits per heavy atom. The summed E-state index contributed by atoms with van der Waals surface area (Å²) in [6, 6.07) is 0. The molecule has 0 aromatic carbocycles. The van der Waals surface area contributed by atoms with E-state index >= 15 is 0 Å². The van der Waals surface area contributed by atoms with E-state index in [4.69, 9.17) is 0 Å². The molecule has 88 valence electrons. The van der Waals surface area contributed by atoms with Crippen molar-refractivity contribution in [3.63, 3.8) is 0 Å². The lowest BCUT2D eigenvalue weighted by Gasteiger charge is -2.34. The third kappa shape index (κ3) is 2.94. The van der Waals surface area contributed by atoms with Crippen LogP contribution in [0.5, 0.6) is 0 Å². The second-order valence-electron chi connectivity index (χ2n) is 4.99. The Hall–Kier alpha value is -0.570. The smallest absolute Gasteiger partial charge is 0.224 e. The first kappa shape index (κ1) is 12.5. The number of nitrogens with one attached hydrogen (secondary N) is 1. The summed E-state index contributed by atoms with van der Waals surface area (Å²) in [5.41, 5.74) is 0.237. The van der Waals surface area contributed by atoms with Gasteiger partial charge in [-0.15, -0.1) is 0 Å². The van der Waals surface area contributed by atoms with Crippen molar-refractivity contribution in [2.45, 2.75) is 46.1 Å². The molecule has 3 nitrogen and oxygen atoms in total. The van der Waals surface area contributed by atoms with E-state index in [0.29, 0.717) is 0 Å². The van der Waals surface area contributed by atoms with Gasteiger partial charge in [-0.3, -0.25) is 9.69 Å². The standard InChI is InChI=1S/C12H24N2O/c1-5-12(3,4)14-8-7-10(9-14)11(15)13-6-2/h10H,5-9H2,1-4H3,(H,13,15)/t10-/m1/s1. The van der Waals surface area contributed by atoms with Crippen molar-refractivity contribution in [3.8, 4) is 0 Å². The molecule has 1 aliphatic heterocycles. The fourth-order valence-corrected chi connectivity index (χ4v) is 2.07. The normalized spacial score (nSPS) is 23.1. The largest absolute Gasteiger partial charge is 0.356 e. The Kier molecular flexibility index (Phi) is 4.14. The van der Waals surface area contributed by atoms with Crippen molar-refractivity contribution < 1.29 is 4.79 Å². The van der Waals surface area contributed by atoms with Crippen LogP contribution in [0.3, 0.4) is 0 Å². The van der Waals surface area contributed by atoms with E-state index in [2.05, 4.69) is 31.0 Å². The molecule has 0 aromatic heterocycles. The highest BCUT2D eigenvalue weighted by molar-refractivity contribution is 5.79. The van der Waals surface area contributed by atoms with Crippen LogP contribution in [0.25, 0.3) is 0 Å². The number of amides is 1. The average molecular weight is 212 g/mol. The SMILES string of the molecule is CCNC(=O)[C@@H]1CCN(C(C)(C)CC)C1. The van der Waals surface area contributed by atoms with Crippen LogP contribution in [0.2, 0.25) is 0 Å². The van der Waals surface area contributed by atoms with Gasteiger partial charge in [0.15, 0.2) is 0 Å². The number of hydrogen-bond acceptors (Lipinski definition) is 2. The minimum atomic E-state index is 0.204. The van der Waals surface area contributed by atoms with Gasteiger partial charge in [-0.05, 0) is 40.2 Å². The van der Waals surface area contributed by atoms with Gasteiger partial charge in [0.05, 0.1) is 5.92 Å². The van der Waals surface area contributed by atoms with Gasteiger partial charge in [-0.2, -0.15) is 0 Å². The van der Waals surface area contributed by atoms with Crippen LogP contribution in [-0.4, -0.2) is 36.0 Å². The van der Waals surface area contributed by atoms with E-state index in [0.717, 1.165) is 32.5 Å². The van der Waals surface area contributed by atoms with Crippen molar-refractivity contribution in [3.05, 3.63) is 0 Å². The molecule has 0 unspecified atom stereocenters. The maximum atomic E-state index is 11.7. The van der Waals surface area contributed by atoms with Crippen LogP contribution in [0.1, 0.15) is 40.5 Å². The molecule has 1 heterocycles. The Labute approximate surface area is 93.2 Å². The fraction of sp³-hybridized carbons (Fsp3) is 0.917. The fourth-order valence-electron chi connectivity index (χ4n) is 2.07. The molecule has 3 heteroatoms. The third-order valence-corrected chi connectivity index (χ3v) is 3.63. The van der Waals surface area contributed by atoms with Crippen molar-refractivity contribution in [1.29, 1.82) is 0 Å². The number of hydrogen-bond donors (Lipinski definition) is 1. The summed E-state index contributed by atoms with van der Waals surface area (Å²) in [7, 11) is 0. The van der Waals surface area contributed by atoms with Gasteiger partial charge in [-0.25, -0.2) is 0 Å². The van der Waals surface area contributed by atoms with Gasteiger partial charge in [0, 0.05) is 18.6 Å². The van der Waals surface area contributed by atoms with Gasteiger partial charge in [0.1, 0.15) is 0 Å². The molecule has 1 aliphatic rings. The minimum absolute atomic E-state index is 0.204. The van der Waals surface area contributed by atoms with Gasteiger partial charge >= 0.3 is 0 Å². The lowest BCUT2D eigenvalue weighted by molar-refractivity contribution is -0.124. The molecular weight excluding hydrogens is 188 g/mol. The maximum Gasteiger partial charge on any atom is 0.224 e. The molecule has 0 bridgehead atoms. The lowest BCUT2D eigenvalue weighted by Crippen LogP contribution is -2.43. The van der Waals surface area contributed by atoms with E-state index in [9.17, 15) is 4.79 Å². The molecule has 1 N–H and O–H groups in total. The predicted octanol–water partition coefficient (Wildman–Crippen LogP) is 1.63. The zero-order valence-electron chi connectivity index (χ0n) is 10.5. The third-order valence-electron chi connectivity index (χ3n) is 3.63. The van der Waals surface area contributed by atoms with E-state index < -0.39 is 0 Å². The van der Waals surface area contributed by atoms with Crippen LogP contribution >= 0.6 is 0 Å². The second kappa shape index (κ2) is 4.97. The van der Waals surface area contributed by atoms with Gasteiger partial charge in [0.2, 0.25) is 5.91 Å². The van der Waals surface area contributed by atoms with E-state index in [1.54, 1.807) is 0 Å². The monoisotopic (exact) mass is 212 g/mol. The van der Waals surface area contributed by atoms with Gasteiger partial charge in [-0.1, -0.05) is 6.92 Å². The van der Waals surface area contributed by atoms with Gasteiger partial charge < -0.3 is 5.32 Å². The summed E-state index contributed by atoms with van der Waals surface area (Å²) in [4.78, 5) is 14.1. The van der Waals surface area contributed by atoms with Crippen LogP contribution in [-0.2, 0) is 4.79 Å². The summed E-state index contributed by atoms with van der Waals surface area (Å²) in [5, 5.41) is 2.91. The van der Waals surface area contributed by atoms with E-state index in [1.165, 1.54) is 0 Å². The summed E-state index contributed by atoms with van der Waals surface area (Å²) < 4.78 is 0. The highest BCUT2D eigenvalue weighted by Gasteiger charge is 2.34. The predicted molar refractivity (Wildman–Crippen MR) is 62.7 cm³/mol. The lowest BCUT2D eigenvalue weighted by atomic mass is 10.00. The molecular formula is C12H24N2O. The molecule has 15 heavy (non-hydrogen) atoms. The van der Waals surface area contributed by atoms with Crippen LogP contribution < -0.4 is 5.32 Å². The Balaban J connectivity index is 2.49. The first-order valence-electron chi connectivity index (χ1n) is 6.04. The molecule has 0 aromatic rings. The molecule has 0 saturated carbocycles. The highest BCUT2D eigenvalue weighted by atomic mass is 16.1. The van der Waals surface area contributed by atoms with E-state index in [1.807, 2.05) is 6.92 Å². The molecule has 1 saturated heterocycles. The zero-order valence-corrected chi connectivity index (χ0v) is 10.5. The van der Waals surface area contributed by atoms with Crippen molar-refractivity contribution in [1.82, 2.24) is 10.2 Å². The van der Waals surface area contributed by atoms with Crippen molar-refractivity contribution in [2.75, 3.05) is 19.6 Å². The molecule has 1 rings (SSSR count). The number of carbonyl (C=O) groups excluding carboxylic acids is 1. The van der Waals surface area contributed by atoms with Crippen LogP contribution in [0.15, 0.2) is 0 Å². The highest BCUT2D eigenvalue weighted by Crippen LogP contribution is 2.26. The average Bonchev–Trinajstić information content (AvgIpc) is 2.67. The summed E-state index contributed by atoms with van der Waals surface area (Å²) in [6.45, 7) is 11.4. The van der Waals surface area contributed by atoms with E-state index in [-0.39, 0.29) is 17.4 Å². The quantitative estimate of drug-likeness (QED) is 0.768. The van der Waals surface area contributed by atoms with Gasteiger partial charge in [0.25, 0.3) is 0 Å². The first-order chi connectivity index (χ1) is 7.01. The second-order valence-corrected chi connectivity index (χ2v) is 4.99. The van der Waals surface area contributed by atoms with Crippen molar-refractivity contribution >= 4 is 5.91 Å². The number of rotatable bonds is 4. The topological polar surface area (TPSA) is 32.3 Å². The summed E-state index contributed by atoms with van der Waals surface area (Å²) in [5.74, 6) is 0.433. The number of nitrogens with zero attached hydrogens (tertiary/aromatic N) is 1. The number of carbonyl (C=O) groups is 1. The first-order valence-corrected chi connectivity index (χ1v) is 6.04. The molecule has 0 aliphatic carbocycles. The zero-order chi connectivity index (χ0) is 11.5.